The van der Waals surface area contributed by atoms with Crippen molar-refractivity contribution in [3.8, 4) is 0 Å². The lowest BCUT2D eigenvalue weighted by molar-refractivity contribution is 0.251. The molecule has 7 heteroatoms. The van der Waals surface area contributed by atoms with Crippen LogP contribution >= 0.6 is 0 Å². The predicted molar refractivity (Wildman–Crippen MR) is 148 cm³/mol. The van der Waals surface area contributed by atoms with E-state index in [9.17, 15) is 16.8 Å². The van der Waals surface area contributed by atoms with Crippen LogP contribution in [0.1, 0.15) is 42.9 Å². The van der Waals surface area contributed by atoms with Gasteiger partial charge in [-0.25, -0.2) is 16.8 Å². The average molecular weight is 538 g/mol. The number of sulfonamides is 1. The maximum absolute atomic E-state index is 13.9. The van der Waals surface area contributed by atoms with Crippen molar-refractivity contribution >= 4 is 19.9 Å². The molecular formula is C30H35NO4S2. The molecule has 0 amide bonds. The molecule has 3 aromatic rings. The molecule has 0 saturated heterocycles. The van der Waals surface area contributed by atoms with Gasteiger partial charge in [0.05, 0.1) is 21.1 Å². The third-order valence-electron chi connectivity index (χ3n) is 7.15. The smallest absolute Gasteiger partial charge is 0.264 e. The van der Waals surface area contributed by atoms with Crippen LogP contribution in [0.3, 0.4) is 0 Å². The van der Waals surface area contributed by atoms with Gasteiger partial charge >= 0.3 is 0 Å². The first-order valence-corrected chi connectivity index (χ1v) is 15.8. The van der Waals surface area contributed by atoms with Crippen LogP contribution < -0.4 is 0 Å². The van der Waals surface area contributed by atoms with Crippen molar-refractivity contribution < 1.29 is 16.8 Å². The van der Waals surface area contributed by atoms with Crippen LogP contribution in [-0.4, -0.2) is 32.4 Å². The lowest BCUT2D eigenvalue weighted by atomic mass is 9.85. The summed E-state index contributed by atoms with van der Waals surface area (Å²) in [6.07, 6.45) is 5.80. The molecule has 196 valence electrons. The summed E-state index contributed by atoms with van der Waals surface area (Å²) in [7, 11) is -7.62. The van der Waals surface area contributed by atoms with Crippen LogP contribution in [0.25, 0.3) is 0 Å². The Morgan fingerprint density at radius 1 is 0.757 bits per heavy atom. The minimum absolute atomic E-state index is 0.204. The van der Waals surface area contributed by atoms with Gasteiger partial charge in [-0.15, -0.1) is 0 Å². The highest BCUT2D eigenvalue weighted by molar-refractivity contribution is 7.92. The molecule has 0 aromatic heterocycles. The van der Waals surface area contributed by atoms with E-state index in [1.54, 1.807) is 54.6 Å². The highest BCUT2D eigenvalue weighted by atomic mass is 32.2. The monoisotopic (exact) mass is 537 g/mol. The number of hydrogen-bond donors (Lipinski definition) is 0. The topological polar surface area (TPSA) is 71.5 Å². The number of unbranched alkanes of at least 4 members (excludes halogenated alkanes) is 1. The van der Waals surface area contributed by atoms with Crippen LogP contribution in [0.5, 0.6) is 0 Å². The predicted octanol–water partition coefficient (Wildman–Crippen LogP) is 6.08. The molecule has 0 bridgehead atoms. The fourth-order valence-corrected chi connectivity index (χ4v) is 8.46. The van der Waals surface area contributed by atoms with Crippen molar-refractivity contribution in [3.63, 3.8) is 0 Å². The van der Waals surface area contributed by atoms with Gasteiger partial charge in [0.1, 0.15) is 0 Å². The van der Waals surface area contributed by atoms with Crippen LogP contribution in [0.2, 0.25) is 0 Å². The Hall–Kier alpha value is -2.90. The maximum atomic E-state index is 13.9. The van der Waals surface area contributed by atoms with Gasteiger partial charge in [0.25, 0.3) is 10.0 Å². The third-order valence-corrected chi connectivity index (χ3v) is 11.1. The summed E-state index contributed by atoms with van der Waals surface area (Å²) in [6.45, 7) is 5.90. The Morgan fingerprint density at radius 3 is 1.89 bits per heavy atom. The molecule has 0 N–H and O–H groups in total. The Labute approximate surface area is 221 Å². The Morgan fingerprint density at radius 2 is 1.32 bits per heavy atom. The van der Waals surface area contributed by atoms with Gasteiger partial charge in [0.2, 0.25) is 0 Å². The molecule has 0 radical (unpaired) electrons. The Bertz CT molecular complexity index is 1430. The molecule has 0 saturated carbocycles. The van der Waals surface area contributed by atoms with Gasteiger partial charge in [0, 0.05) is 12.1 Å². The van der Waals surface area contributed by atoms with Crippen molar-refractivity contribution in [1.29, 1.82) is 0 Å². The van der Waals surface area contributed by atoms with Crippen molar-refractivity contribution in [2.45, 2.75) is 67.5 Å². The van der Waals surface area contributed by atoms with Gasteiger partial charge in [-0.05, 0) is 62.6 Å². The molecule has 0 unspecified atom stereocenters. The second-order valence-electron chi connectivity index (χ2n) is 9.88. The van der Waals surface area contributed by atoms with Crippen LogP contribution in [-0.2, 0) is 26.3 Å². The molecule has 3 aromatic carbocycles. The van der Waals surface area contributed by atoms with Crippen molar-refractivity contribution in [2.24, 2.45) is 5.92 Å². The molecule has 3 atom stereocenters. The number of aryl methyl sites for hydroxylation is 2. The van der Waals surface area contributed by atoms with E-state index in [4.69, 9.17) is 0 Å². The van der Waals surface area contributed by atoms with E-state index >= 15 is 0 Å². The summed E-state index contributed by atoms with van der Waals surface area (Å²) in [6, 6.07) is 22.9. The second kappa shape index (κ2) is 11.2. The van der Waals surface area contributed by atoms with Crippen LogP contribution in [0.4, 0.5) is 0 Å². The molecular weight excluding hydrogens is 502 g/mol. The normalized spacial score (nSPS) is 20.2. The van der Waals surface area contributed by atoms with E-state index in [2.05, 4.69) is 6.92 Å². The standard InChI is InChI=1S/C30H35NO4S2/c1-4-5-11-28-29(22-25-9-7-6-8-10-25)31(37(34,35)27-18-14-24(3)15-19-27)21-20-30(28)36(32,33)26-16-12-23(2)13-17-26/h6-10,12-21,28-30H,4-5,11,22H2,1-3H3/t28-,29-,30+/m0/s1. The van der Waals surface area contributed by atoms with Gasteiger partial charge in [-0.3, -0.25) is 4.31 Å². The van der Waals surface area contributed by atoms with E-state index < -0.39 is 37.1 Å². The number of rotatable bonds is 9. The average Bonchev–Trinajstić information content (AvgIpc) is 2.88. The zero-order chi connectivity index (χ0) is 26.6. The fraction of sp³-hybridized carbons (Fsp3) is 0.333. The lowest BCUT2D eigenvalue weighted by Gasteiger charge is -2.42. The molecule has 5 nitrogen and oxygen atoms in total. The quantitative estimate of drug-likeness (QED) is 0.332. The minimum Gasteiger partial charge on any atom is -0.270 e. The molecule has 37 heavy (non-hydrogen) atoms. The number of benzene rings is 3. The third kappa shape index (κ3) is 5.83. The first-order chi connectivity index (χ1) is 17.6. The molecule has 0 spiro atoms. The van der Waals surface area contributed by atoms with E-state index in [0.717, 1.165) is 29.5 Å². The largest absolute Gasteiger partial charge is 0.270 e. The minimum atomic E-state index is -3.89. The molecule has 0 aliphatic carbocycles. The Kier molecular flexibility index (Phi) is 8.24. The maximum Gasteiger partial charge on any atom is 0.264 e. The molecule has 4 rings (SSSR count). The first-order valence-electron chi connectivity index (χ1n) is 12.8. The first kappa shape index (κ1) is 27.1. The summed E-state index contributed by atoms with van der Waals surface area (Å²) in [5.41, 5.74) is 2.93. The summed E-state index contributed by atoms with van der Waals surface area (Å²) >= 11 is 0. The summed E-state index contributed by atoms with van der Waals surface area (Å²) in [4.78, 5) is 0.470. The van der Waals surface area contributed by atoms with E-state index in [1.807, 2.05) is 44.2 Å². The summed E-state index contributed by atoms with van der Waals surface area (Å²) in [5.74, 6) is -0.406. The molecule has 0 fully saturated rings. The van der Waals surface area contributed by atoms with Crippen molar-refractivity contribution in [3.05, 3.63) is 108 Å². The second-order valence-corrected chi connectivity index (χ2v) is 13.8. The number of nitrogens with zero attached hydrogens (tertiary/aromatic N) is 1. The fourth-order valence-electron chi connectivity index (χ4n) is 5.03. The summed E-state index contributed by atoms with van der Waals surface area (Å²) in [5, 5.41) is -0.820. The van der Waals surface area contributed by atoms with Gasteiger partial charge in [-0.2, -0.15) is 0 Å². The van der Waals surface area contributed by atoms with Crippen molar-refractivity contribution in [1.82, 2.24) is 4.31 Å². The SMILES string of the molecule is CCCC[C@@H]1[C@H](S(=O)(=O)c2ccc(C)cc2)C=CN(S(=O)(=O)c2ccc(C)cc2)[C@H]1Cc1ccccc1. The highest BCUT2D eigenvalue weighted by Crippen LogP contribution is 2.38. The van der Waals surface area contributed by atoms with E-state index in [0.29, 0.717) is 12.8 Å². The molecule has 1 heterocycles. The van der Waals surface area contributed by atoms with E-state index in [1.165, 1.54) is 10.5 Å². The van der Waals surface area contributed by atoms with Gasteiger partial charge < -0.3 is 0 Å². The number of hydrogen-bond acceptors (Lipinski definition) is 4. The van der Waals surface area contributed by atoms with E-state index in [-0.39, 0.29) is 9.79 Å². The lowest BCUT2D eigenvalue weighted by Crippen LogP contribution is -2.51. The number of sulfone groups is 1. The zero-order valence-corrected chi connectivity index (χ0v) is 23.3. The zero-order valence-electron chi connectivity index (χ0n) is 21.6. The van der Waals surface area contributed by atoms with Crippen LogP contribution in [0.15, 0.2) is 101 Å². The highest BCUT2D eigenvalue weighted by Gasteiger charge is 2.45. The van der Waals surface area contributed by atoms with Crippen LogP contribution in [0, 0.1) is 19.8 Å². The summed E-state index contributed by atoms with van der Waals surface area (Å²) < 4.78 is 57.1. The van der Waals surface area contributed by atoms with Gasteiger partial charge in [-0.1, -0.05) is 85.5 Å². The van der Waals surface area contributed by atoms with Crippen molar-refractivity contribution in [2.75, 3.05) is 0 Å². The molecule has 1 aliphatic heterocycles. The van der Waals surface area contributed by atoms with Gasteiger partial charge in [0.15, 0.2) is 9.84 Å². The molecule has 1 aliphatic rings. The Balaban J connectivity index is 1.84.